The number of ether oxygens (including phenoxy) is 2. The average molecular weight is 455 g/mol. The van der Waals surface area contributed by atoms with E-state index in [1.54, 1.807) is 24.5 Å². The molecule has 1 aromatic carbocycles. The number of amides is 1. The van der Waals surface area contributed by atoms with Gasteiger partial charge in [-0.05, 0) is 43.0 Å². The van der Waals surface area contributed by atoms with Gasteiger partial charge in [-0.15, -0.1) is 11.3 Å². The summed E-state index contributed by atoms with van der Waals surface area (Å²) in [6, 6.07) is 5.82. The number of carboxylic acids is 1. The van der Waals surface area contributed by atoms with Crippen molar-refractivity contribution in [2.45, 2.75) is 37.8 Å². The Kier molecular flexibility index (Phi) is 4.93. The fraction of sp³-hybridized carbons (Fsp3) is 0.348. The highest BCUT2D eigenvalue weighted by Crippen LogP contribution is 2.45. The van der Waals surface area contributed by atoms with Crippen LogP contribution in [-0.4, -0.2) is 42.0 Å². The van der Waals surface area contributed by atoms with Gasteiger partial charge in [0, 0.05) is 40.0 Å². The van der Waals surface area contributed by atoms with Crippen LogP contribution in [0.1, 0.15) is 39.7 Å². The Hall–Kier alpha value is -3.33. The van der Waals surface area contributed by atoms with Crippen LogP contribution >= 0.6 is 11.3 Å². The van der Waals surface area contributed by atoms with E-state index in [1.807, 2.05) is 10.6 Å². The molecule has 1 fully saturated rings. The third kappa shape index (κ3) is 3.33. The van der Waals surface area contributed by atoms with Gasteiger partial charge in [0.2, 0.25) is 5.43 Å². The summed E-state index contributed by atoms with van der Waals surface area (Å²) >= 11 is 1.64. The molecule has 0 radical (unpaired) electrons. The summed E-state index contributed by atoms with van der Waals surface area (Å²) in [5.74, 6) is -0.647. The topological polar surface area (TPSA) is 107 Å². The zero-order valence-electron chi connectivity index (χ0n) is 17.6. The standard InChI is InChI=1S/C23H22N2O6S/c1-30-21-14(18-8-11-7-12(9-17(11)32-18)24-23(29)31-2)5-6-15-19(21)25(13-3-4-13)10-16(20(15)26)22(27)28/h5-6,8,10,12-13H,3-4,7,9H2,1-2H3,(H,24,29)(H,27,28). The molecule has 1 saturated carbocycles. The molecule has 0 aliphatic heterocycles. The molecule has 2 aromatic heterocycles. The number of hydrogen-bond acceptors (Lipinski definition) is 6. The van der Waals surface area contributed by atoms with E-state index in [4.69, 9.17) is 9.47 Å². The average Bonchev–Trinajstić information content (AvgIpc) is 3.44. The molecule has 1 amide bonds. The van der Waals surface area contributed by atoms with Crippen LogP contribution in [0, 0.1) is 0 Å². The van der Waals surface area contributed by atoms with Crippen LogP contribution in [-0.2, 0) is 17.6 Å². The number of nitrogens with zero attached hydrogens (tertiary/aromatic N) is 1. The van der Waals surface area contributed by atoms with Gasteiger partial charge >= 0.3 is 12.1 Å². The number of fused-ring (bicyclic) bond motifs is 2. The van der Waals surface area contributed by atoms with Crippen molar-refractivity contribution in [3.63, 3.8) is 0 Å². The first kappa shape index (κ1) is 20.6. The van der Waals surface area contributed by atoms with Crippen molar-refractivity contribution in [1.29, 1.82) is 0 Å². The number of methoxy groups -OCH3 is 2. The lowest BCUT2D eigenvalue weighted by Gasteiger charge is -2.17. The number of pyridine rings is 1. The Labute approximate surface area is 187 Å². The van der Waals surface area contributed by atoms with Crippen molar-refractivity contribution in [3.05, 3.63) is 50.6 Å². The van der Waals surface area contributed by atoms with Crippen LogP contribution < -0.4 is 15.5 Å². The first-order valence-electron chi connectivity index (χ1n) is 10.4. The number of benzene rings is 1. The lowest BCUT2D eigenvalue weighted by Crippen LogP contribution is -2.35. The van der Waals surface area contributed by atoms with Crippen LogP contribution in [0.5, 0.6) is 5.75 Å². The van der Waals surface area contributed by atoms with E-state index in [0.717, 1.165) is 36.1 Å². The summed E-state index contributed by atoms with van der Waals surface area (Å²) in [5, 5.41) is 12.7. The Morgan fingerprint density at radius 3 is 2.62 bits per heavy atom. The predicted molar refractivity (Wildman–Crippen MR) is 120 cm³/mol. The third-order valence-electron chi connectivity index (χ3n) is 6.09. The number of carboxylic acid groups (broad SMARTS) is 1. The molecule has 166 valence electrons. The number of thiophene rings is 1. The molecular weight excluding hydrogens is 432 g/mol. The van der Waals surface area contributed by atoms with Gasteiger partial charge in [0.05, 0.1) is 25.1 Å². The zero-order valence-corrected chi connectivity index (χ0v) is 18.5. The van der Waals surface area contributed by atoms with Crippen molar-refractivity contribution in [2.75, 3.05) is 14.2 Å². The molecule has 9 heteroatoms. The lowest BCUT2D eigenvalue weighted by molar-refractivity contribution is 0.0694. The highest BCUT2D eigenvalue weighted by atomic mass is 32.1. The maximum atomic E-state index is 12.9. The molecule has 1 atom stereocenters. The number of hydrogen-bond donors (Lipinski definition) is 2. The van der Waals surface area contributed by atoms with Crippen LogP contribution in [0.2, 0.25) is 0 Å². The van der Waals surface area contributed by atoms with E-state index in [2.05, 4.69) is 11.4 Å². The van der Waals surface area contributed by atoms with Crippen LogP contribution in [0.25, 0.3) is 21.3 Å². The molecule has 0 saturated heterocycles. The summed E-state index contributed by atoms with van der Waals surface area (Å²) < 4.78 is 12.4. The molecule has 2 aliphatic rings. The van der Waals surface area contributed by atoms with Gasteiger partial charge in [-0.25, -0.2) is 9.59 Å². The van der Waals surface area contributed by atoms with Crippen LogP contribution in [0.3, 0.4) is 0 Å². The quantitative estimate of drug-likeness (QED) is 0.610. The SMILES string of the molecule is COC(=O)NC1Cc2cc(-c3ccc4c(=O)c(C(=O)O)cn(C5CC5)c4c3OC)sc2C1. The Bertz CT molecular complexity index is 1300. The Morgan fingerprint density at radius 1 is 1.22 bits per heavy atom. The lowest BCUT2D eigenvalue weighted by atomic mass is 10.0. The molecular formula is C23H22N2O6S. The number of carbonyl (C=O) groups is 2. The Balaban J connectivity index is 1.60. The summed E-state index contributed by atoms with van der Waals surface area (Å²) in [5.41, 5.74) is 1.96. The van der Waals surface area contributed by atoms with E-state index < -0.39 is 17.5 Å². The maximum absolute atomic E-state index is 12.9. The number of alkyl carbamates (subject to hydrolysis) is 1. The van der Waals surface area contributed by atoms with Crippen molar-refractivity contribution < 1.29 is 24.2 Å². The highest BCUT2D eigenvalue weighted by molar-refractivity contribution is 7.15. The number of aromatic carboxylic acids is 1. The maximum Gasteiger partial charge on any atom is 0.407 e. The molecule has 5 rings (SSSR count). The number of carbonyl (C=O) groups excluding carboxylic acids is 1. The highest BCUT2D eigenvalue weighted by Gasteiger charge is 2.30. The fourth-order valence-electron chi connectivity index (χ4n) is 4.45. The second-order valence-electron chi connectivity index (χ2n) is 8.16. The molecule has 2 N–H and O–H groups in total. The summed E-state index contributed by atoms with van der Waals surface area (Å²) in [4.78, 5) is 38.2. The molecule has 1 unspecified atom stereocenters. The van der Waals surface area contributed by atoms with Gasteiger partial charge in [0.1, 0.15) is 5.56 Å². The van der Waals surface area contributed by atoms with Gasteiger partial charge in [-0.3, -0.25) is 4.79 Å². The fourth-order valence-corrected chi connectivity index (χ4v) is 5.74. The third-order valence-corrected chi connectivity index (χ3v) is 7.32. The summed E-state index contributed by atoms with van der Waals surface area (Å²) in [7, 11) is 2.92. The van der Waals surface area contributed by atoms with Gasteiger partial charge in [0.15, 0.2) is 5.75 Å². The molecule has 2 heterocycles. The smallest absolute Gasteiger partial charge is 0.407 e. The molecule has 8 nitrogen and oxygen atoms in total. The minimum absolute atomic E-state index is 0.0192. The molecule has 2 aliphatic carbocycles. The first-order chi connectivity index (χ1) is 15.4. The summed E-state index contributed by atoms with van der Waals surface area (Å²) in [6.07, 6.45) is 4.36. The molecule has 0 bridgehead atoms. The second-order valence-corrected chi connectivity index (χ2v) is 9.29. The molecule has 3 aromatic rings. The zero-order chi connectivity index (χ0) is 22.6. The normalized spacial score (nSPS) is 17.2. The Morgan fingerprint density at radius 2 is 2.00 bits per heavy atom. The monoisotopic (exact) mass is 454 g/mol. The van der Waals surface area contributed by atoms with Gasteiger partial charge in [0.25, 0.3) is 0 Å². The predicted octanol–water partition coefficient (Wildman–Crippen LogP) is 3.59. The molecule has 0 spiro atoms. The van der Waals surface area contributed by atoms with E-state index in [0.29, 0.717) is 16.7 Å². The van der Waals surface area contributed by atoms with E-state index in [1.165, 1.54) is 23.7 Å². The second kappa shape index (κ2) is 7.67. The summed E-state index contributed by atoms with van der Waals surface area (Å²) in [6.45, 7) is 0. The van der Waals surface area contributed by atoms with Gasteiger partial charge in [-0.1, -0.05) is 0 Å². The van der Waals surface area contributed by atoms with Gasteiger partial charge < -0.3 is 24.5 Å². The van der Waals surface area contributed by atoms with Crippen molar-refractivity contribution in [2.24, 2.45) is 0 Å². The largest absolute Gasteiger partial charge is 0.494 e. The minimum atomic E-state index is -1.22. The first-order valence-corrected chi connectivity index (χ1v) is 11.2. The number of aromatic nitrogens is 1. The number of nitrogens with one attached hydrogen (secondary N) is 1. The van der Waals surface area contributed by atoms with Crippen LogP contribution in [0.15, 0.2) is 29.2 Å². The van der Waals surface area contributed by atoms with Crippen LogP contribution in [0.4, 0.5) is 4.79 Å². The van der Waals surface area contributed by atoms with Crippen molar-refractivity contribution in [3.8, 4) is 16.2 Å². The van der Waals surface area contributed by atoms with E-state index in [-0.39, 0.29) is 17.6 Å². The molecule has 32 heavy (non-hydrogen) atoms. The van der Waals surface area contributed by atoms with Crippen molar-refractivity contribution in [1.82, 2.24) is 9.88 Å². The minimum Gasteiger partial charge on any atom is -0.494 e. The number of rotatable bonds is 5. The van der Waals surface area contributed by atoms with E-state index >= 15 is 0 Å². The van der Waals surface area contributed by atoms with E-state index in [9.17, 15) is 19.5 Å². The van der Waals surface area contributed by atoms with Gasteiger partial charge in [-0.2, -0.15) is 0 Å². The van der Waals surface area contributed by atoms with Crippen molar-refractivity contribution >= 4 is 34.3 Å².